The van der Waals surface area contributed by atoms with Gasteiger partial charge in [0.1, 0.15) is 0 Å². The van der Waals surface area contributed by atoms with Crippen LogP contribution in [0.3, 0.4) is 0 Å². The van der Waals surface area contributed by atoms with Crippen LogP contribution in [0.4, 0.5) is 0 Å². The molecular weight excluding hydrogens is 144 g/mol. The molecule has 0 aromatic heterocycles. The van der Waals surface area contributed by atoms with Crippen LogP contribution in [-0.2, 0) is 9.53 Å². The number of aliphatic hydroxyl groups is 1. The second-order valence-electron chi connectivity index (χ2n) is 2.20. The largest absolute Gasteiger partial charge is 0.364 e. The predicted molar refractivity (Wildman–Crippen MR) is 41.7 cm³/mol. The summed E-state index contributed by atoms with van der Waals surface area (Å²) in [4.78, 5) is 9.91. The molecule has 0 amide bonds. The number of hydrogen-bond acceptors (Lipinski definition) is 3. The van der Waals surface area contributed by atoms with Gasteiger partial charge in [-0.15, -0.1) is 0 Å². The molecule has 1 N–H and O–H groups in total. The summed E-state index contributed by atoms with van der Waals surface area (Å²) < 4.78 is 4.83. The zero-order valence-electron chi connectivity index (χ0n) is 6.67. The smallest absolute Gasteiger partial charge is 0.233 e. The Labute approximate surface area is 66.7 Å². The van der Waals surface area contributed by atoms with Crippen LogP contribution in [-0.4, -0.2) is 24.3 Å². The molecule has 0 aliphatic carbocycles. The molecule has 0 saturated carbocycles. The lowest BCUT2D eigenvalue weighted by Crippen LogP contribution is -2.15. The molecule has 0 aliphatic heterocycles. The molecule has 0 bridgehead atoms. The molecule has 0 aromatic rings. The lowest BCUT2D eigenvalue weighted by molar-refractivity contribution is -0.0688. The minimum absolute atomic E-state index is 0.0545. The summed E-state index contributed by atoms with van der Waals surface area (Å²) in [7, 11) is 0. The molecular formula is C8H13O3. The van der Waals surface area contributed by atoms with Crippen LogP contribution in [0.5, 0.6) is 0 Å². The van der Waals surface area contributed by atoms with Crippen molar-refractivity contribution in [3.05, 3.63) is 12.2 Å². The Hall–Kier alpha value is -0.670. The molecule has 1 unspecified atom stereocenters. The van der Waals surface area contributed by atoms with Crippen LogP contribution in [0.15, 0.2) is 12.2 Å². The number of unbranched alkanes of at least 4 members (excludes halogenated alkanes) is 1. The fourth-order valence-electron chi connectivity index (χ4n) is 0.490. The summed E-state index contributed by atoms with van der Waals surface area (Å²) in [6.45, 7) is 5.71. The second kappa shape index (κ2) is 6.07. The average molecular weight is 157 g/mol. The summed E-state index contributed by atoms with van der Waals surface area (Å²) in [6, 6.07) is 0. The normalized spacial score (nSPS) is 12.5. The average Bonchev–Trinajstić information content (AvgIpc) is 2.03. The van der Waals surface area contributed by atoms with Crippen LogP contribution in [0.2, 0.25) is 0 Å². The van der Waals surface area contributed by atoms with E-state index in [1.807, 2.05) is 6.92 Å². The lowest BCUT2D eigenvalue weighted by atomic mass is 10.3. The van der Waals surface area contributed by atoms with E-state index in [2.05, 4.69) is 6.58 Å². The summed E-state index contributed by atoms with van der Waals surface area (Å²) >= 11 is 0. The maximum atomic E-state index is 9.91. The Bertz CT molecular complexity index is 131. The fraction of sp³-hybridized carbons (Fsp3) is 0.625. The van der Waals surface area contributed by atoms with Crippen LogP contribution in [0.25, 0.3) is 0 Å². The zero-order valence-corrected chi connectivity index (χ0v) is 6.67. The number of rotatable bonds is 6. The Morgan fingerprint density at radius 1 is 1.82 bits per heavy atom. The first kappa shape index (κ1) is 10.3. The molecule has 0 rings (SSSR count). The first-order chi connectivity index (χ1) is 5.22. The molecule has 3 nitrogen and oxygen atoms in total. The van der Waals surface area contributed by atoms with Crippen LogP contribution < -0.4 is 0 Å². The third-order valence-corrected chi connectivity index (χ3v) is 1.20. The van der Waals surface area contributed by atoms with Crippen molar-refractivity contribution in [3.8, 4) is 0 Å². The molecule has 11 heavy (non-hydrogen) atoms. The van der Waals surface area contributed by atoms with Gasteiger partial charge in [-0.25, -0.2) is 0 Å². The van der Waals surface area contributed by atoms with Crippen LogP contribution in [0, 0.1) is 0 Å². The number of ether oxygens (including phenoxy) is 1. The molecule has 0 spiro atoms. The van der Waals surface area contributed by atoms with E-state index >= 15 is 0 Å². The highest BCUT2D eigenvalue weighted by Gasteiger charge is 2.07. The van der Waals surface area contributed by atoms with Gasteiger partial charge in [0, 0.05) is 0 Å². The van der Waals surface area contributed by atoms with Crippen molar-refractivity contribution in [3.63, 3.8) is 0 Å². The van der Waals surface area contributed by atoms with E-state index in [-0.39, 0.29) is 5.57 Å². The van der Waals surface area contributed by atoms with Gasteiger partial charge in [0.05, 0.1) is 12.2 Å². The highest BCUT2D eigenvalue weighted by atomic mass is 16.6. The van der Waals surface area contributed by atoms with Gasteiger partial charge in [0.25, 0.3) is 0 Å². The Morgan fingerprint density at radius 2 is 2.45 bits per heavy atom. The summed E-state index contributed by atoms with van der Waals surface area (Å²) in [5.74, 6) is 0. The summed E-state index contributed by atoms with van der Waals surface area (Å²) in [5.41, 5.74) is -0.0545. The van der Waals surface area contributed by atoms with Gasteiger partial charge in [-0.1, -0.05) is 19.9 Å². The maximum Gasteiger partial charge on any atom is 0.233 e. The monoisotopic (exact) mass is 157 g/mol. The topological polar surface area (TPSA) is 46.5 Å². The molecule has 3 heteroatoms. The number of carbonyl (C=O) groups excluding carboxylic acids is 1. The SMILES string of the molecule is C=C([C]=O)C(O)OCCCC. The van der Waals surface area contributed by atoms with E-state index in [1.165, 1.54) is 6.29 Å². The van der Waals surface area contributed by atoms with Crippen molar-refractivity contribution >= 4 is 6.29 Å². The third-order valence-electron chi connectivity index (χ3n) is 1.20. The van der Waals surface area contributed by atoms with E-state index in [0.717, 1.165) is 12.8 Å². The highest BCUT2D eigenvalue weighted by molar-refractivity contribution is 5.73. The van der Waals surface area contributed by atoms with Crippen molar-refractivity contribution in [1.29, 1.82) is 0 Å². The lowest BCUT2D eigenvalue weighted by Gasteiger charge is -2.08. The van der Waals surface area contributed by atoms with Gasteiger partial charge in [-0.2, -0.15) is 0 Å². The van der Waals surface area contributed by atoms with E-state index < -0.39 is 6.29 Å². The number of hydrogen-bond donors (Lipinski definition) is 1. The van der Waals surface area contributed by atoms with Crippen LogP contribution in [0.1, 0.15) is 19.8 Å². The molecule has 0 aromatic carbocycles. The maximum absolute atomic E-state index is 9.91. The molecule has 0 fully saturated rings. The Balaban J connectivity index is 3.43. The van der Waals surface area contributed by atoms with Crippen molar-refractivity contribution in [1.82, 2.24) is 0 Å². The molecule has 63 valence electrons. The van der Waals surface area contributed by atoms with Gasteiger partial charge < -0.3 is 9.84 Å². The fourth-order valence-corrected chi connectivity index (χ4v) is 0.490. The first-order valence-electron chi connectivity index (χ1n) is 3.59. The number of aliphatic hydroxyl groups excluding tert-OH is 1. The highest BCUT2D eigenvalue weighted by Crippen LogP contribution is 1.99. The standard InChI is InChI=1S/C8H13O3/c1-3-4-5-11-8(10)7(2)6-9/h8,10H,2-5H2,1H3. The third kappa shape index (κ3) is 4.70. The van der Waals surface area contributed by atoms with Crippen molar-refractivity contribution in [2.75, 3.05) is 6.61 Å². The minimum Gasteiger partial charge on any atom is -0.364 e. The quantitative estimate of drug-likeness (QED) is 0.352. The molecule has 0 heterocycles. The molecule has 0 aliphatic rings. The summed E-state index contributed by atoms with van der Waals surface area (Å²) in [6.07, 6.45) is 2.15. The zero-order chi connectivity index (χ0) is 8.69. The van der Waals surface area contributed by atoms with E-state index in [0.29, 0.717) is 6.61 Å². The Morgan fingerprint density at radius 3 is 2.91 bits per heavy atom. The van der Waals surface area contributed by atoms with Crippen molar-refractivity contribution in [2.45, 2.75) is 26.1 Å². The van der Waals surface area contributed by atoms with Crippen LogP contribution >= 0.6 is 0 Å². The molecule has 0 saturated heterocycles. The first-order valence-corrected chi connectivity index (χ1v) is 3.59. The van der Waals surface area contributed by atoms with Gasteiger partial charge in [-0.05, 0) is 6.42 Å². The predicted octanol–water partition coefficient (Wildman–Crippen LogP) is 0.787. The van der Waals surface area contributed by atoms with E-state index in [1.54, 1.807) is 0 Å². The van der Waals surface area contributed by atoms with Gasteiger partial charge in [0.15, 0.2) is 6.29 Å². The molecule has 1 radical (unpaired) electrons. The van der Waals surface area contributed by atoms with Gasteiger partial charge >= 0.3 is 0 Å². The van der Waals surface area contributed by atoms with Crippen molar-refractivity contribution in [2.24, 2.45) is 0 Å². The van der Waals surface area contributed by atoms with E-state index in [4.69, 9.17) is 9.84 Å². The van der Waals surface area contributed by atoms with Gasteiger partial charge in [0.2, 0.25) is 6.29 Å². The van der Waals surface area contributed by atoms with Crippen molar-refractivity contribution < 1.29 is 14.6 Å². The summed E-state index contributed by atoms with van der Waals surface area (Å²) in [5, 5.41) is 8.96. The van der Waals surface area contributed by atoms with E-state index in [9.17, 15) is 4.79 Å². The van der Waals surface area contributed by atoms with Gasteiger partial charge in [-0.3, -0.25) is 4.79 Å². The minimum atomic E-state index is -1.18. The molecule has 1 atom stereocenters. The second-order valence-corrected chi connectivity index (χ2v) is 2.20. The Kier molecular flexibility index (Phi) is 5.70.